The number of nitrogens with one attached hydrogen (secondary N) is 1. The summed E-state index contributed by atoms with van der Waals surface area (Å²) >= 11 is 0. The number of alkyl halides is 3. The fourth-order valence-electron chi connectivity index (χ4n) is 6.05. The summed E-state index contributed by atoms with van der Waals surface area (Å²) in [6.45, 7) is 2.75. The molecule has 0 bridgehead atoms. The van der Waals surface area contributed by atoms with Crippen molar-refractivity contribution >= 4 is 23.3 Å². The zero-order chi connectivity index (χ0) is 27.8. The molecule has 3 fully saturated rings. The Morgan fingerprint density at radius 3 is 2.26 bits per heavy atom. The Hall–Kier alpha value is -3.18. The number of carboxylic acids is 1. The Morgan fingerprint density at radius 2 is 1.67 bits per heavy atom. The van der Waals surface area contributed by atoms with Crippen LogP contribution in [0.1, 0.15) is 49.1 Å². The van der Waals surface area contributed by atoms with Gasteiger partial charge in [0.05, 0.1) is 36.3 Å². The minimum absolute atomic E-state index is 0.277. The molecule has 210 valence electrons. The molecule has 7 nitrogen and oxygen atoms in total. The van der Waals surface area contributed by atoms with Crippen LogP contribution < -0.4 is 10.2 Å². The van der Waals surface area contributed by atoms with Crippen molar-refractivity contribution in [1.82, 2.24) is 0 Å². The highest BCUT2D eigenvalue weighted by Gasteiger charge is 2.43. The minimum Gasteiger partial charge on any atom is -0.481 e. The number of rotatable bonds is 5. The first-order valence-electron chi connectivity index (χ1n) is 13.1. The largest absolute Gasteiger partial charge is 0.481 e. The normalized spacial score (nSPS) is 25.0. The van der Waals surface area contributed by atoms with Gasteiger partial charge in [-0.25, -0.2) is 4.39 Å². The lowest BCUT2D eigenvalue weighted by Gasteiger charge is -2.39. The first-order valence-corrected chi connectivity index (χ1v) is 13.1. The van der Waals surface area contributed by atoms with E-state index in [2.05, 4.69) is 10.2 Å². The fraction of sp³-hybridized carbons (Fsp3) is 0.500. The van der Waals surface area contributed by atoms with E-state index in [1.807, 2.05) is 24.3 Å². The van der Waals surface area contributed by atoms with Gasteiger partial charge in [-0.15, -0.1) is 0 Å². The zero-order valence-corrected chi connectivity index (χ0v) is 21.2. The standard InChI is InChI=1S/C28H30F4N2O5/c29-22-16-18(28(30,31)32)6-9-23(22)33-25(35)21-3-1-2-20(24(21)26(36)37)17-4-7-19(8-5-17)34-12-10-27(11-13-34)38-14-15-39-27/h4-9,16,20-21,24H,1-3,10-15H2,(H,33,35)(H,36,37). The van der Waals surface area contributed by atoms with Crippen LogP contribution in [0.5, 0.6) is 0 Å². The van der Waals surface area contributed by atoms with Gasteiger partial charge in [0.1, 0.15) is 5.82 Å². The van der Waals surface area contributed by atoms with Crippen LogP contribution in [0.2, 0.25) is 0 Å². The molecule has 2 aliphatic heterocycles. The molecule has 2 N–H and O–H groups in total. The molecule has 3 atom stereocenters. The van der Waals surface area contributed by atoms with E-state index < -0.39 is 58.7 Å². The number of hydrogen-bond donors (Lipinski definition) is 2. The maximum atomic E-state index is 14.3. The van der Waals surface area contributed by atoms with Crippen LogP contribution in [0.4, 0.5) is 28.9 Å². The van der Waals surface area contributed by atoms with E-state index in [1.165, 1.54) is 0 Å². The molecule has 11 heteroatoms. The number of carboxylic acid groups (broad SMARTS) is 1. The van der Waals surface area contributed by atoms with Crippen LogP contribution in [-0.2, 0) is 25.2 Å². The molecule has 0 radical (unpaired) electrons. The number of nitrogens with zero attached hydrogens (tertiary/aromatic N) is 1. The number of anilines is 2. The van der Waals surface area contributed by atoms with E-state index in [0.29, 0.717) is 38.2 Å². The van der Waals surface area contributed by atoms with Crippen molar-refractivity contribution < 1.29 is 41.7 Å². The number of carbonyl (C=O) groups excluding carboxylic acids is 1. The topological polar surface area (TPSA) is 88.1 Å². The molecule has 5 rings (SSSR count). The number of ether oxygens (including phenoxy) is 2. The van der Waals surface area contributed by atoms with Gasteiger partial charge < -0.3 is 24.8 Å². The highest BCUT2D eigenvalue weighted by atomic mass is 19.4. The van der Waals surface area contributed by atoms with Crippen molar-refractivity contribution in [2.45, 2.75) is 50.0 Å². The molecular formula is C28H30F4N2O5. The molecule has 1 aliphatic carbocycles. The predicted octanol–water partition coefficient (Wildman–Crippen LogP) is 5.41. The second-order valence-electron chi connectivity index (χ2n) is 10.4. The van der Waals surface area contributed by atoms with Crippen molar-refractivity contribution in [3.8, 4) is 0 Å². The lowest BCUT2D eigenvalue weighted by molar-refractivity contribution is -0.169. The molecule has 39 heavy (non-hydrogen) atoms. The molecule has 2 heterocycles. The van der Waals surface area contributed by atoms with E-state index >= 15 is 0 Å². The summed E-state index contributed by atoms with van der Waals surface area (Å²) in [5, 5.41) is 12.4. The van der Waals surface area contributed by atoms with Gasteiger partial charge >= 0.3 is 12.1 Å². The maximum Gasteiger partial charge on any atom is 0.416 e. The van der Waals surface area contributed by atoms with E-state index in [1.54, 1.807) is 0 Å². The molecule has 3 unspecified atom stereocenters. The first kappa shape index (κ1) is 27.4. The molecule has 1 amide bonds. The Bertz CT molecular complexity index is 1200. The summed E-state index contributed by atoms with van der Waals surface area (Å²) in [5.74, 6) is -6.05. The van der Waals surface area contributed by atoms with Crippen molar-refractivity contribution in [3.63, 3.8) is 0 Å². The summed E-state index contributed by atoms with van der Waals surface area (Å²) in [6.07, 6.45) is -1.78. The molecule has 3 aliphatic rings. The molecule has 2 aromatic carbocycles. The van der Waals surface area contributed by atoms with Crippen LogP contribution >= 0.6 is 0 Å². The lowest BCUT2D eigenvalue weighted by Crippen LogP contribution is -2.45. The monoisotopic (exact) mass is 550 g/mol. The lowest BCUT2D eigenvalue weighted by atomic mass is 9.69. The number of piperidine rings is 1. The van der Waals surface area contributed by atoms with Gasteiger partial charge in [-0.05, 0) is 54.7 Å². The van der Waals surface area contributed by atoms with Crippen molar-refractivity contribution in [2.24, 2.45) is 11.8 Å². The van der Waals surface area contributed by atoms with E-state index in [0.717, 1.165) is 43.2 Å². The molecule has 1 saturated carbocycles. The van der Waals surface area contributed by atoms with Crippen molar-refractivity contribution in [3.05, 3.63) is 59.4 Å². The summed E-state index contributed by atoms with van der Waals surface area (Å²) in [5.41, 5.74) is 0.203. The smallest absolute Gasteiger partial charge is 0.416 e. The minimum atomic E-state index is -4.72. The van der Waals surface area contributed by atoms with Gasteiger partial charge in [0.2, 0.25) is 5.91 Å². The van der Waals surface area contributed by atoms with Crippen LogP contribution in [0.15, 0.2) is 42.5 Å². The summed E-state index contributed by atoms with van der Waals surface area (Å²) in [4.78, 5) is 27.7. The average molecular weight is 551 g/mol. The number of benzene rings is 2. The number of aliphatic carboxylic acids is 1. The molecular weight excluding hydrogens is 520 g/mol. The number of carbonyl (C=O) groups is 2. The van der Waals surface area contributed by atoms with Crippen LogP contribution in [0.3, 0.4) is 0 Å². The van der Waals surface area contributed by atoms with Gasteiger partial charge in [-0.2, -0.15) is 13.2 Å². The third-order valence-electron chi connectivity index (χ3n) is 8.10. The highest BCUT2D eigenvalue weighted by molar-refractivity contribution is 5.95. The molecule has 1 spiro atoms. The van der Waals surface area contributed by atoms with E-state index in [4.69, 9.17) is 9.47 Å². The third kappa shape index (κ3) is 5.74. The fourth-order valence-corrected chi connectivity index (χ4v) is 6.05. The average Bonchev–Trinajstić information content (AvgIpc) is 3.37. The molecule has 0 aromatic heterocycles. The highest BCUT2D eigenvalue weighted by Crippen LogP contribution is 2.43. The zero-order valence-electron chi connectivity index (χ0n) is 21.2. The Labute approximate surface area is 223 Å². The Balaban J connectivity index is 1.28. The quantitative estimate of drug-likeness (QED) is 0.484. The SMILES string of the molecule is O=C(Nc1ccc(C(F)(F)F)cc1F)C1CCCC(c2ccc(N3CCC4(CC3)OCCO4)cc2)C1C(=O)O. The van der Waals surface area contributed by atoms with Crippen molar-refractivity contribution in [2.75, 3.05) is 36.5 Å². The second kappa shape index (κ2) is 10.8. The van der Waals surface area contributed by atoms with Crippen molar-refractivity contribution in [1.29, 1.82) is 0 Å². The van der Waals surface area contributed by atoms with Crippen LogP contribution in [-0.4, -0.2) is 49.1 Å². The van der Waals surface area contributed by atoms with Gasteiger partial charge in [0, 0.05) is 31.6 Å². The first-order chi connectivity index (χ1) is 18.6. The summed E-state index contributed by atoms with van der Waals surface area (Å²) < 4.78 is 64.5. The maximum absolute atomic E-state index is 14.3. The molecule has 2 saturated heterocycles. The second-order valence-corrected chi connectivity index (χ2v) is 10.4. The Morgan fingerprint density at radius 1 is 1.00 bits per heavy atom. The molecule has 2 aromatic rings. The van der Waals surface area contributed by atoms with E-state index in [9.17, 15) is 32.3 Å². The number of hydrogen-bond acceptors (Lipinski definition) is 5. The summed E-state index contributed by atoms with van der Waals surface area (Å²) in [6, 6.07) is 9.50. The van der Waals surface area contributed by atoms with Gasteiger partial charge in [0.25, 0.3) is 0 Å². The van der Waals surface area contributed by atoms with Gasteiger partial charge in [-0.3, -0.25) is 9.59 Å². The number of halogens is 4. The predicted molar refractivity (Wildman–Crippen MR) is 134 cm³/mol. The Kier molecular flexibility index (Phi) is 7.56. The van der Waals surface area contributed by atoms with E-state index in [-0.39, 0.29) is 6.42 Å². The summed E-state index contributed by atoms with van der Waals surface area (Å²) in [7, 11) is 0. The van der Waals surface area contributed by atoms with Gasteiger partial charge in [0.15, 0.2) is 5.79 Å². The van der Waals surface area contributed by atoms with Crippen LogP contribution in [0, 0.1) is 17.7 Å². The number of amides is 1. The van der Waals surface area contributed by atoms with Crippen LogP contribution in [0.25, 0.3) is 0 Å². The third-order valence-corrected chi connectivity index (χ3v) is 8.10. The van der Waals surface area contributed by atoms with Gasteiger partial charge in [-0.1, -0.05) is 18.6 Å².